The zero-order chi connectivity index (χ0) is 19.2. The summed E-state index contributed by atoms with van der Waals surface area (Å²) in [6.45, 7) is 5.49. The van der Waals surface area contributed by atoms with Gasteiger partial charge in [0.15, 0.2) is 5.65 Å². The summed E-state index contributed by atoms with van der Waals surface area (Å²) in [5, 5.41) is 8.20. The number of rotatable bonds is 4. The van der Waals surface area contributed by atoms with Crippen LogP contribution in [-0.2, 0) is 10.0 Å². The maximum atomic E-state index is 12.8. The van der Waals surface area contributed by atoms with E-state index in [9.17, 15) is 8.42 Å². The second-order valence-electron chi connectivity index (χ2n) is 6.21. The molecular weight excluding hydrogens is 366 g/mol. The van der Waals surface area contributed by atoms with Crippen LogP contribution >= 0.6 is 0 Å². The summed E-state index contributed by atoms with van der Waals surface area (Å²) in [5.74, 6) is 1.01. The SMILES string of the molecule is Cc1cc2nccc(NS(=O)(=O)c3ccc(-c4c(C)noc4C)cc3)n2n1. The highest BCUT2D eigenvalue weighted by atomic mass is 32.2. The second-order valence-corrected chi connectivity index (χ2v) is 7.90. The molecule has 4 rings (SSSR count). The van der Waals surface area contributed by atoms with E-state index in [1.807, 2.05) is 20.8 Å². The number of hydrogen-bond donors (Lipinski definition) is 1. The Morgan fingerprint density at radius 1 is 1.07 bits per heavy atom. The van der Waals surface area contributed by atoms with E-state index in [1.54, 1.807) is 36.4 Å². The lowest BCUT2D eigenvalue weighted by molar-refractivity contribution is 0.393. The van der Waals surface area contributed by atoms with Gasteiger partial charge in [-0.05, 0) is 44.5 Å². The molecule has 0 aliphatic rings. The first kappa shape index (κ1) is 17.2. The minimum atomic E-state index is -3.78. The zero-order valence-corrected chi connectivity index (χ0v) is 15.8. The third kappa shape index (κ3) is 3.06. The number of fused-ring (bicyclic) bond motifs is 1. The molecule has 4 aromatic rings. The van der Waals surface area contributed by atoms with Crippen LogP contribution in [0.2, 0.25) is 0 Å². The molecule has 138 valence electrons. The van der Waals surface area contributed by atoms with Crippen molar-refractivity contribution in [2.24, 2.45) is 0 Å². The van der Waals surface area contributed by atoms with E-state index >= 15 is 0 Å². The molecule has 8 nitrogen and oxygen atoms in total. The van der Waals surface area contributed by atoms with Crippen molar-refractivity contribution >= 4 is 21.5 Å². The Morgan fingerprint density at radius 2 is 1.81 bits per heavy atom. The van der Waals surface area contributed by atoms with Gasteiger partial charge in [0.25, 0.3) is 10.0 Å². The van der Waals surface area contributed by atoms with Crippen molar-refractivity contribution in [3.63, 3.8) is 0 Å². The van der Waals surface area contributed by atoms with E-state index in [0.29, 0.717) is 17.2 Å². The number of sulfonamides is 1. The quantitative estimate of drug-likeness (QED) is 0.581. The summed E-state index contributed by atoms with van der Waals surface area (Å²) in [6.07, 6.45) is 1.54. The molecule has 27 heavy (non-hydrogen) atoms. The van der Waals surface area contributed by atoms with Crippen LogP contribution in [0.15, 0.2) is 52.0 Å². The lowest BCUT2D eigenvalue weighted by Gasteiger charge is -2.10. The Balaban J connectivity index is 1.68. The smallest absolute Gasteiger partial charge is 0.263 e. The van der Waals surface area contributed by atoms with Crippen LogP contribution in [0.5, 0.6) is 0 Å². The molecule has 3 heterocycles. The second kappa shape index (κ2) is 6.20. The predicted octanol–water partition coefficient (Wildman–Crippen LogP) is 3.11. The van der Waals surface area contributed by atoms with Gasteiger partial charge in [-0.25, -0.2) is 13.4 Å². The molecule has 0 unspecified atom stereocenters. The third-order valence-corrected chi connectivity index (χ3v) is 5.58. The number of aryl methyl sites for hydroxylation is 3. The van der Waals surface area contributed by atoms with E-state index in [-0.39, 0.29) is 4.90 Å². The first-order valence-corrected chi connectivity index (χ1v) is 9.71. The van der Waals surface area contributed by atoms with E-state index in [4.69, 9.17) is 4.52 Å². The van der Waals surface area contributed by atoms with E-state index < -0.39 is 10.0 Å². The fraction of sp³-hybridized carbons (Fsp3) is 0.167. The van der Waals surface area contributed by atoms with E-state index in [2.05, 4.69) is 20.0 Å². The summed E-state index contributed by atoms with van der Waals surface area (Å²) >= 11 is 0. The predicted molar refractivity (Wildman–Crippen MR) is 99.9 cm³/mol. The molecule has 1 aromatic carbocycles. The average Bonchev–Trinajstić information content (AvgIpc) is 3.17. The minimum absolute atomic E-state index is 0.145. The third-order valence-electron chi connectivity index (χ3n) is 4.21. The summed E-state index contributed by atoms with van der Waals surface area (Å²) in [7, 11) is -3.78. The van der Waals surface area contributed by atoms with Crippen molar-refractivity contribution in [3.8, 4) is 11.1 Å². The Morgan fingerprint density at radius 3 is 2.48 bits per heavy atom. The Labute approximate surface area is 155 Å². The molecule has 9 heteroatoms. The van der Waals surface area contributed by atoms with Crippen molar-refractivity contribution < 1.29 is 12.9 Å². The van der Waals surface area contributed by atoms with Crippen molar-refractivity contribution in [3.05, 3.63) is 59.7 Å². The molecule has 3 aromatic heterocycles. The molecular formula is C18H17N5O3S. The van der Waals surface area contributed by atoms with Gasteiger partial charge in [0.1, 0.15) is 11.6 Å². The zero-order valence-electron chi connectivity index (χ0n) is 15.0. The van der Waals surface area contributed by atoms with Crippen LogP contribution in [0.3, 0.4) is 0 Å². The van der Waals surface area contributed by atoms with Crippen LogP contribution in [-0.4, -0.2) is 28.2 Å². The van der Waals surface area contributed by atoms with Gasteiger partial charge in [0.2, 0.25) is 0 Å². The lowest BCUT2D eigenvalue weighted by atomic mass is 10.0. The largest absolute Gasteiger partial charge is 0.361 e. The number of hydrogen-bond acceptors (Lipinski definition) is 6. The fourth-order valence-electron chi connectivity index (χ4n) is 2.98. The van der Waals surface area contributed by atoms with Gasteiger partial charge in [-0.15, -0.1) is 0 Å². The van der Waals surface area contributed by atoms with Gasteiger partial charge in [-0.1, -0.05) is 17.3 Å². The first-order chi connectivity index (χ1) is 12.8. The fourth-order valence-corrected chi connectivity index (χ4v) is 4.02. The summed E-state index contributed by atoms with van der Waals surface area (Å²) in [4.78, 5) is 4.32. The Hall–Kier alpha value is -3.20. The van der Waals surface area contributed by atoms with Gasteiger partial charge in [-0.3, -0.25) is 4.72 Å². The van der Waals surface area contributed by atoms with Crippen LogP contribution < -0.4 is 4.72 Å². The van der Waals surface area contributed by atoms with Crippen LogP contribution in [0.1, 0.15) is 17.1 Å². The van der Waals surface area contributed by atoms with Crippen LogP contribution in [0.25, 0.3) is 16.8 Å². The summed E-state index contributed by atoms with van der Waals surface area (Å²) < 4.78 is 34.8. The molecule has 0 atom stereocenters. The van der Waals surface area contributed by atoms with Crippen LogP contribution in [0, 0.1) is 20.8 Å². The van der Waals surface area contributed by atoms with Crippen molar-refractivity contribution in [1.29, 1.82) is 0 Å². The van der Waals surface area contributed by atoms with Gasteiger partial charge in [0.05, 0.1) is 16.3 Å². The number of nitrogens with one attached hydrogen (secondary N) is 1. The number of anilines is 1. The Kier molecular flexibility index (Phi) is 3.96. The van der Waals surface area contributed by atoms with Crippen LogP contribution in [0.4, 0.5) is 5.82 Å². The average molecular weight is 383 g/mol. The highest BCUT2D eigenvalue weighted by Gasteiger charge is 2.18. The molecule has 1 N–H and O–H groups in total. The molecule has 0 bridgehead atoms. The van der Waals surface area contributed by atoms with Crippen molar-refractivity contribution in [1.82, 2.24) is 19.8 Å². The maximum Gasteiger partial charge on any atom is 0.263 e. The minimum Gasteiger partial charge on any atom is -0.361 e. The molecule has 0 fully saturated rings. The van der Waals surface area contributed by atoms with E-state index in [1.165, 1.54) is 10.7 Å². The van der Waals surface area contributed by atoms with Gasteiger partial charge < -0.3 is 4.52 Å². The monoisotopic (exact) mass is 383 g/mol. The van der Waals surface area contributed by atoms with Crippen molar-refractivity contribution in [2.45, 2.75) is 25.7 Å². The highest BCUT2D eigenvalue weighted by Crippen LogP contribution is 2.28. The molecule has 0 aliphatic heterocycles. The normalized spacial score (nSPS) is 11.8. The first-order valence-electron chi connectivity index (χ1n) is 8.23. The van der Waals surface area contributed by atoms with Gasteiger partial charge in [0, 0.05) is 17.8 Å². The number of aromatic nitrogens is 4. The molecule has 0 aliphatic carbocycles. The van der Waals surface area contributed by atoms with Gasteiger partial charge >= 0.3 is 0 Å². The van der Waals surface area contributed by atoms with E-state index in [0.717, 1.165) is 22.5 Å². The molecule has 0 spiro atoms. The highest BCUT2D eigenvalue weighted by molar-refractivity contribution is 7.92. The lowest BCUT2D eigenvalue weighted by Crippen LogP contribution is -2.15. The molecule has 0 saturated carbocycles. The van der Waals surface area contributed by atoms with Crippen molar-refractivity contribution in [2.75, 3.05) is 4.72 Å². The molecule has 0 amide bonds. The Bertz CT molecular complexity index is 1220. The number of benzene rings is 1. The molecule has 0 radical (unpaired) electrons. The summed E-state index contributed by atoms with van der Waals surface area (Å²) in [6, 6.07) is 9.92. The maximum absolute atomic E-state index is 12.8. The topological polar surface area (TPSA) is 102 Å². The number of nitrogens with zero attached hydrogens (tertiary/aromatic N) is 4. The summed E-state index contributed by atoms with van der Waals surface area (Å²) in [5.41, 5.74) is 3.79. The van der Waals surface area contributed by atoms with Gasteiger partial charge in [-0.2, -0.15) is 9.61 Å². The molecule has 0 saturated heterocycles. The standard InChI is InChI=1S/C18H17N5O3S/c1-11-10-17-19-9-8-16(23(17)20-11)22-27(24,25)15-6-4-14(5-7-15)18-12(2)21-26-13(18)3/h4-10,22H,1-3H3.